The molecule has 1 aliphatic carbocycles. The van der Waals surface area contributed by atoms with Crippen molar-refractivity contribution in [2.24, 2.45) is 5.92 Å². The number of nitrogens with one attached hydrogen (secondary N) is 2. The summed E-state index contributed by atoms with van der Waals surface area (Å²) in [6, 6.07) is 0.159. The van der Waals surface area contributed by atoms with Crippen molar-refractivity contribution in [1.82, 2.24) is 10.0 Å². The first-order valence-corrected chi connectivity index (χ1v) is 8.39. The minimum absolute atomic E-state index is 0.159. The molecule has 2 unspecified atom stereocenters. The number of hydrogen-bond donors (Lipinski definition) is 2. The van der Waals surface area contributed by atoms with Crippen LogP contribution in [0.5, 0.6) is 0 Å². The zero-order valence-corrected chi connectivity index (χ0v) is 11.9. The topological polar surface area (TPSA) is 58.2 Å². The number of hydrogen-bond acceptors (Lipinski definition) is 3. The first kappa shape index (κ1) is 14.9. The van der Waals surface area contributed by atoms with Gasteiger partial charge in [-0.25, -0.2) is 13.1 Å². The first-order chi connectivity index (χ1) is 8.03. The van der Waals surface area contributed by atoms with Crippen molar-refractivity contribution in [2.45, 2.75) is 52.0 Å². The molecular weight excluding hydrogens is 236 g/mol. The van der Waals surface area contributed by atoms with Crippen LogP contribution in [0.1, 0.15) is 46.0 Å². The molecule has 5 heteroatoms. The molecule has 0 bridgehead atoms. The van der Waals surface area contributed by atoms with Gasteiger partial charge in [0.05, 0.1) is 5.75 Å². The predicted molar refractivity (Wildman–Crippen MR) is 71.5 cm³/mol. The molecule has 0 amide bonds. The number of sulfonamides is 1. The highest BCUT2D eigenvalue weighted by Gasteiger charge is 2.20. The summed E-state index contributed by atoms with van der Waals surface area (Å²) in [5.74, 6) is 0.929. The molecular formula is C12H26N2O2S. The van der Waals surface area contributed by atoms with E-state index in [-0.39, 0.29) is 11.8 Å². The summed E-state index contributed by atoms with van der Waals surface area (Å²) in [7, 11) is -3.10. The van der Waals surface area contributed by atoms with Gasteiger partial charge in [-0.05, 0) is 31.7 Å². The van der Waals surface area contributed by atoms with Crippen LogP contribution in [-0.2, 0) is 10.0 Å². The molecule has 0 heterocycles. The van der Waals surface area contributed by atoms with Crippen molar-refractivity contribution in [3.8, 4) is 0 Å². The summed E-state index contributed by atoms with van der Waals surface area (Å²) in [6.07, 6.45) is 5.49. The molecule has 1 aliphatic rings. The molecule has 1 saturated carbocycles. The Balaban J connectivity index is 2.35. The second-order valence-electron chi connectivity index (χ2n) is 5.10. The van der Waals surface area contributed by atoms with Crippen LogP contribution < -0.4 is 10.0 Å². The zero-order chi connectivity index (χ0) is 12.7. The van der Waals surface area contributed by atoms with Crippen LogP contribution in [0.2, 0.25) is 0 Å². The third-order valence-corrected chi connectivity index (χ3v) is 4.84. The highest BCUT2D eigenvalue weighted by molar-refractivity contribution is 7.89. The molecule has 2 N–H and O–H groups in total. The smallest absolute Gasteiger partial charge is 0.213 e. The van der Waals surface area contributed by atoms with E-state index in [0.29, 0.717) is 6.54 Å². The Hall–Kier alpha value is -0.130. The van der Waals surface area contributed by atoms with E-state index in [1.54, 1.807) is 0 Å². The van der Waals surface area contributed by atoms with Crippen LogP contribution in [0.25, 0.3) is 0 Å². The van der Waals surface area contributed by atoms with Gasteiger partial charge in [0.1, 0.15) is 0 Å². The second kappa shape index (κ2) is 7.34. The van der Waals surface area contributed by atoms with Gasteiger partial charge < -0.3 is 5.32 Å². The molecule has 0 spiro atoms. The van der Waals surface area contributed by atoms with Gasteiger partial charge in [0.2, 0.25) is 10.0 Å². The van der Waals surface area contributed by atoms with E-state index in [9.17, 15) is 8.42 Å². The van der Waals surface area contributed by atoms with Crippen LogP contribution in [0.15, 0.2) is 0 Å². The SMILES string of the molecule is CCNCCS(=O)(=O)NC1CCCC(C)CC1. The molecule has 2 atom stereocenters. The van der Waals surface area contributed by atoms with Gasteiger partial charge in [-0.3, -0.25) is 0 Å². The van der Waals surface area contributed by atoms with Gasteiger partial charge in [0, 0.05) is 12.6 Å². The lowest BCUT2D eigenvalue weighted by Gasteiger charge is -2.16. The molecule has 0 aromatic heterocycles. The van der Waals surface area contributed by atoms with Gasteiger partial charge in [0.15, 0.2) is 0 Å². The maximum atomic E-state index is 11.8. The number of rotatable bonds is 6. The zero-order valence-electron chi connectivity index (χ0n) is 11.0. The Labute approximate surface area is 106 Å². The van der Waals surface area contributed by atoms with Gasteiger partial charge in [0.25, 0.3) is 0 Å². The van der Waals surface area contributed by atoms with Crippen molar-refractivity contribution in [2.75, 3.05) is 18.8 Å². The van der Waals surface area contributed by atoms with Crippen LogP contribution in [0.4, 0.5) is 0 Å². The van der Waals surface area contributed by atoms with E-state index in [1.807, 2.05) is 6.92 Å². The van der Waals surface area contributed by atoms with Crippen LogP contribution in [-0.4, -0.2) is 33.3 Å². The molecule has 0 aromatic carbocycles. The fraction of sp³-hybridized carbons (Fsp3) is 1.00. The summed E-state index contributed by atoms with van der Waals surface area (Å²) in [5.41, 5.74) is 0. The van der Waals surface area contributed by atoms with Crippen molar-refractivity contribution < 1.29 is 8.42 Å². The summed E-state index contributed by atoms with van der Waals surface area (Å²) in [4.78, 5) is 0. The van der Waals surface area contributed by atoms with Crippen molar-refractivity contribution in [1.29, 1.82) is 0 Å². The van der Waals surface area contributed by atoms with Crippen LogP contribution in [0.3, 0.4) is 0 Å². The average Bonchev–Trinajstić information content (AvgIpc) is 2.43. The Bertz CT molecular complexity index is 304. The summed E-state index contributed by atoms with van der Waals surface area (Å²) < 4.78 is 26.5. The minimum atomic E-state index is -3.10. The lowest BCUT2D eigenvalue weighted by molar-refractivity contribution is 0.484. The largest absolute Gasteiger partial charge is 0.316 e. The Morgan fingerprint density at radius 2 is 1.94 bits per heavy atom. The van der Waals surface area contributed by atoms with E-state index in [4.69, 9.17) is 0 Å². The fourth-order valence-corrected chi connectivity index (χ4v) is 3.58. The van der Waals surface area contributed by atoms with Crippen molar-refractivity contribution >= 4 is 10.0 Å². The van der Waals surface area contributed by atoms with Gasteiger partial charge in [-0.15, -0.1) is 0 Å². The third-order valence-electron chi connectivity index (χ3n) is 3.40. The quantitative estimate of drug-likeness (QED) is 0.563. The molecule has 0 saturated heterocycles. The lowest BCUT2D eigenvalue weighted by Crippen LogP contribution is -2.38. The molecule has 0 aliphatic heterocycles. The van der Waals surface area contributed by atoms with E-state index in [1.165, 1.54) is 6.42 Å². The maximum Gasteiger partial charge on any atom is 0.213 e. The van der Waals surface area contributed by atoms with Gasteiger partial charge in [-0.1, -0.05) is 26.7 Å². The standard InChI is InChI=1S/C12H26N2O2S/c1-3-13-9-10-17(15,16)14-12-6-4-5-11(2)7-8-12/h11-14H,3-10H2,1-2H3. The maximum absolute atomic E-state index is 11.8. The minimum Gasteiger partial charge on any atom is -0.316 e. The average molecular weight is 262 g/mol. The summed E-state index contributed by atoms with van der Waals surface area (Å²) in [6.45, 7) is 5.58. The van der Waals surface area contributed by atoms with Gasteiger partial charge >= 0.3 is 0 Å². The monoisotopic (exact) mass is 262 g/mol. The molecule has 4 nitrogen and oxygen atoms in total. The lowest BCUT2D eigenvalue weighted by atomic mass is 10.0. The molecule has 1 rings (SSSR count). The Morgan fingerprint density at radius 3 is 2.65 bits per heavy atom. The predicted octanol–water partition coefficient (Wildman–Crippen LogP) is 1.48. The molecule has 0 radical (unpaired) electrons. The van der Waals surface area contributed by atoms with Gasteiger partial charge in [-0.2, -0.15) is 0 Å². The van der Waals surface area contributed by atoms with Crippen molar-refractivity contribution in [3.63, 3.8) is 0 Å². The van der Waals surface area contributed by atoms with E-state index >= 15 is 0 Å². The fourth-order valence-electron chi connectivity index (χ4n) is 2.30. The third kappa shape index (κ3) is 6.38. The summed E-state index contributed by atoms with van der Waals surface area (Å²) in [5, 5.41) is 3.04. The van der Waals surface area contributed by atoms with Crippen molar-refractivity contribution in [3.05, 3.63) is 0 Å². The molecule has 1 fully saturated rings. The van der Waals surface area contributed by atoms with E-state index in [2.05, 4.69) is 17.0 Å². The Morgan fingerprint density at radius 1 is 1.18 bits per heavy atom. The van der Waals surface area contributed by atoms with E-state index < -0.39 is 10.0 Å². The summed E-state index contributed by atoms with van der Waals surface area (Å²) >= 11 is 0. The molecule has 102 valence electrons. The molecule has 0 aromatic rings. The highest BCUT2D eigenvalue weighted by atomic mass is 32.2. The first-order valence-electron chi connectivity index (χ1n) is 6.74. The highest BCUT2D eigenvalue weighted by Crippen LogP contribution is 2.22. The molecule has 17 heavy (non-hydrogen) atoms. The van der Waals surface area contributed by atoms with Crippen LogP contribution in [0, 0.1) is 5.92 Å². The van der Waals surface area contributed by atoms with E-state index in [0.717, 1.165) is 38.1 Å². The second-order valence-corrected chi connectivity index (χ2v) is 6.97. The Kier molecular flexibility index (Phi) is 6.44. The normalized spacial score (nSPS) is 26.7. The van der Waals surface area contributed by atoms with Crippen LogP contribution >= 0.6 is 0 Å².